The second kappa shape index (κ2) is 12.9. The molecule has 3 aliphatic heterocycles. The van der Waals surface area contributed by atoms with E-state index in [0.717, 1.165) is 24.3 Å². The molecule has 0 radical (unpaired) electrons. The number of amides is 3. The molecule has 3 fully saturated rings. The molecule has 9 nitrogen and oxygen atoms in total. The molecule has 0 saturated carbocycles. The number of aliphatic hydroxyl groups is 1. The largest absolute Gasteiger partial charge is 0.394 e. The molecule has 3 N–H and O–H groups in total. The van der Waals surface area contributed by atoms with Crippen molar-refractivity contribution in [1.82, 2.24) is 4.90 Å². The highest BCUT2D eigenvalue weighted by atomic mass is 79.9. The van der Waals surface area contributed by atoms with Gasteiger partial charge >= 0.3 is 0 Å². The topological polar surface area (TPSA) is 111 Å². The number of carbonyl (C=O) groups excluding carboxylic acids is 3. The van der Waals surface area contributed by atoms with Crippen LogP contribution in [0.1, 0.15) is 25.8 Å². The minimum absolute atomic E-state index is 0.238. The smallest absolute Gasteiger partial charge is 0.250 e. The summed E-state index contributed by atoms with van der Waals surface area (Å²) in [5.41, 5.74) is 1.93. The number of fused-ring (bicyclic) bond motifs is 1. The van der Waals surface area contributed by atoms with E-state index < -0.39 is 41.5 Å². The summed E-state index contributed by atoms with van der Waals surface area (Å²) in [5.74, 6) is -2.78. The van der Waals surface area contributed by atoms with E-state index in [9.17, 15) is 19.5 Å². The van der Waals surface area contributed by atoms with Crippen LogP contribution in [-0.4, -0.2) is 76.0 Å². The predicted octanol–water partition coefficient (Wildman–Crippen LogP) is 4.46. The van der Waals surface area contributed by atoms with Crippen LogP contribution in [0.3, 0.4) is 0 Å². The van der Waals surface area contributed by atoms with Gasteiger partial charge < -0.3 is 30.3 Å². The lowest BCUT2D eigenvalue weighted by Crippen LogP contribution is -2.57. The van der Waals surface area contributed by atoms with E-state index in [1.807, 2.05) is 72.8 Å². The maximum atomic E-state index is 14.5. The Morgan fingerprint density at radius 1 is 0.956 bits per heavy atom. The normalized spacial score (nSPS) is 27.2. The molecular weight excluding hydrogens is 636 g/mol. The Labute approximate surface area is 272 Å². The number of benzene rings is 3. The van der Waals surface area contributed by atoms with Gasteiger partial charge in [-0.3, -0.25) is 14.4 Å². The zero-order chi connectivity index (χ0) is 31.7. The van der Waals surface area contributed by atoms with Crippen LogP contribution in [0, 0.1) is 11.8 Å². The fraction of sp³-hybridized carbons (Fsp3) is 0.400. The SMILES string of the molecule is CCN(CC)c1ccc(NC(=O)C2N([C@@H](CO)Cc3ccccc3)C(=O)[C@@H]3[C@H](C(=O)Nc4ccccc4)[C@H]4OC23CC4Br)cc1. The molecule has 3 aliphatic rings. The number of nitrogens with zero attached hydrogens (tertiary/aromatic N) is 2. The standard InChI is InChI=1S/C35H39BrN4O5/c1-3-39(4-2)25-17-15-24(16-18-25)38-33(43)31-35-20-27(36)30(45-35)28(32(42)37-23-13-9-6-10-14-23)29(35)34(44)40(31)26(21-41)19-22-11-7-5-8-12-22/h5-18,26-31,41H,3-4,19-21H2,1-2H3,(H,37,42)(H,38,43)/t26-,27?,28+,29+,30+,31?,35?/m1/s1. The van der Waals surface area contributed by atoms with Crippen molar-refractivity contribution < 1.29 is 24.2 Å². The number of nitrogens with one attached hydrogen (secondary N) is 2. The van der Waals surface area contributed by atoms with Gasteiger partial charge in [-0.05, 0) is 68.7 Å². The van der Waals surface area contributed by atoms with E-state index >= 15 is 0 Å². The summed E-state index contributed by atoms with van der Waals surface area (Å²) in [7, 11) is 0. The third kappa shape index (κ3) is 5.64. The van der Waals surface area contributed by atoms with Crippen molar-refractivity contribution in [3.8, 4) is 0 Å². The molecule has 2 bridgehead atoms. The number of halogens is 1. The first-order valence-electron chi connectivity index (χ1n) is 15.6. The molecule has 3 saturated heterocycles. The highest BCUT2D eigenvalue weighted by molar-refractivity contribution is 9.09. The van der Waals surface area contributed by atoms with Gasteiger partial charge in [0.15, 0.2) is 0 Å². The quantitative estimate of drug-likeness (QED) is 0.259. The monoisotopic (exact) mass is 674 g/mol. The highest BCUT2D eigenvalue weighted by Crippen LogP contribution is 2.60. The number of anilines is 3. The second-order valence-corrected chi connectivity index (χ2v) is 13.2. The Bertz CT molecular complexity index is 1520. The Morgan fingerprint density at radius 3 is 2.18 bits per heavy atom. The fourth-order valence-electron chi connectivity index (χ4n) is 7.50. The molecule has 0 aromatic heterocycles. The van der Waals surface area contributed by atoms with Crippen molar-refractivity contribution in [2.24, 2.45) is 11.8 Å². The summed E-state index contributed by atoms with van der Waals surface area (Å²) in [5, 5.41) is 16.7. The van der Waals surface area contributed by atoms with E-state index in [4.69, 9.17) is 4.74 Å². The van der Waals surface area contributed by atoms with Gasteiger partial charge in [0.2, 0.25) is 17.7 Å². The lowest BCUT2D eigenvalue weighted by atomic mass is 9.70. The van der Waals surface area contributed by atoms with E-state index in [0.29, 0.717) is 24.2 Å². The van der Waals surface area contributed by atoms with Crippen molar-refractivity contribution in [1.29, 1.82) is 0 Å². The first kappa shape index (κ1) is 31.3. The lowest BCUT2D eigenvalue weighted by molar-refractivity contribution is -0.143. The number of ether oxygens (including phenoxy) is 1. The van der Waals surface area contributed by atoms with Gasteiger partial charge in [0, 0.05) is 35.0 Å². The van der Waals surface area contributed by atoms with E-state index in [-0.39, 0.29) is 23.2 Å². The number of para-hydroxylation sites is 1. The Kier molecular flexibility index (Phi) is 8.99. The van der Waals surface area contributed by atoms with E-state index in [1.165, 1.54) is 4.90 Å². The molecule has 1 spiro atoms. The fourth-order valence-corrected chi connectivity index (χ4v) is 8.44. The average molecular weight is 676 g/mol. The second-order valence-electron chi connectivity index (χ2n) is 12.0. The first-order valence-corrected chi connectivity index (χ1v) is 16.5. The van der Waals surface area contributed by atoms with Crippen LogP contribution in [0.25, 0.3) is 0 Å². The van der Waals surface area contributed by atoms with Crippen LogP contribution in [0.15, 0.2) is 84.9 Å². The first-order chi connectivity index (χ1) is 21.8. The van der Waals surface area contributed by atoms with Crippen LogP contribution in [-0.2, 0) is 25.5 Å². The van der Waals surface area contributed by atoms with Crippen LogP contribution >= 0.6 is 15.9 Å². The van der Waals surface area contributed by atoms with Gasteiger partial charge in [-0.15, -0.1) is 0 Å². The van der Waals surface area contributed by atoms with Crippen molar-refractivity contribution in [2.75, 3.05) is 35.2 Å². The van der Waals surface area contributed by atoms with Crippen LogP contribution in [0.2, 0.25) is 0 Å². The molecule has 236 valence electrons. The van der Waals surface area contributed by atoms with Crippen LogP contribution in [0.4, 0.5) is 17.1 Å². The molecule has 3 aromatic rings. The number of rotatable bonds is 11. The van der Waals surface area contributed by atoms with Gasteiger partial charge in [0.05, 0.1) is 30.6 Å². The number of hydrogen-bond acceptors (Lipinski definition) is 6. The van der Waals surface area contributed by atoms with Crippen molar-refractivity contribution in [3.05, 3.63) is 90.5 Å². The summed E-state index contributed by atoms with van der Waals surface area (Å²) in [6.07, 6.45) is 0.133. The van der Waals surface area contributed by atoms with E-state index in [2.05, 4.69) is 45.3 Å². The predicted molar refractivity (Wildman–Crippen MR) is 177 cm³/mol. The van der Waals surface area contributed by atoms with Crippen LogP contribution < -0.4 is 15.5 Å². The molecular formula is C35H39BrN4O5. The maximum absolute atomic E-state index is 14.5. The summed E-state index contributed by atoms with van der Waals surface area (Å²) in [6, 6.07) is 24.5. The molecule has 7 atom stereocenters. The highest BCUT2D eigenvalue weighted by Gasteiger charge is 2.77. The van der Waals surface area contributed by atoms with Crippen molar-refractivity contribution >= 4 is 50.7 Å². The molecule has 10 heteroatoms. The van der Waals surface area contributed by atoms with Gasteiger partial charge in [-0.1, -0.05) is 64.5 Å². The summed E-state index contributed by atoms with van der Waals surface area (Å²) in [4.78, 5) is 46.2. The summed E-state index contributed by atoms with van der Waals surface area (Å²) >= 11 is 3.73. The Hall–Kier alpha value is -3.73. The molecule has 3 heterocycles. The maximum Gasteiger partial charge on any atom is 0.250 e. The summed E-state index contributed by atoms with van der Waals surface area (Å²) in [6.45, 7) is 5.55. The third-order valence-corrected chi connectivity index (χ3v) is 10.3. The Balaban J connectivity index is 1.36. The minimum atomic E-state index is -1.25. The molecule has 0 aliphatic carbocycles. The van der Waals surface area contributed by atoms with E-state index in [1.54, 1.807) is 12.1 Å². The molecule has 3 unspecified atom stereocenters. The number of likely N-dealkylation sites (tertiary alicyclic amines) is 1. The zero-order valence-electron chi connectivity index (χ0n) is 25.4. The molecule has 6 rings (SSSR count). The Morgan fingerprint density at radius 2 is 1.56 bits per heavy atom. The van der Waals surface area contributed by atoms with Crippen molar-refractivity contribution in [3.63, 3.8) is 0 Å². The number of carbonyl (C=O) groups is 3. The molecule has 3 aromatic carbocycles. The van der Waals surface area contributed by atoms with Gasteiger partial charge in [0.25, 0.3) is 0 Å². The van der Waals surface area contributed by atoms with Gasteiger partial charge in [-0.25, -0.2) is 0 Å². The number of hydrogen-bond donors (Lipinski definition) is 3. The minimum Gasteiger partial charge on any atom is -0.394 e. The van der Waals surface area contributed by atoms with Crippen LogP contribution in [0.5, 0.6) is 0 Å². The molecule has 3 amide bonds. The van der Waals surface area contributed by atoms with Gasteiger partial charge in [0.1, 0.15) is 11.6 Å². The number of aliphatic hydroxyl groups excluding tert-OH is 1. The summed E-state index contributed by atoms with van der Waals surface area (Å²) < 4.78 is 6.64. The lowest BCUT2D eigenvalue weighted by Gasteiger charge is -2.37. The zero-order valence-corrected chi connectivity index (χ0v) is 27.0. The van der Waals surface area contributed by atoms with Gasteiger partial charge in [-0.2, -0.15) is 0 Å². The average Bonchev–Trinajstić information content (AvgIpc) is 3.65. The number of alkyl halides is 1. The third-order valence-electron chi connectivity index (χ3n) is 9.50. The molecule has 45 heavy (non-hydrogen) atoms. The van der Waals surface area contributed by atoms with Crippen molar-refractivity contribution in [2.45, 2.75) is 55.3 Å².